The molecule has 0 fully saturated rings. The molecule has 1 heterocycles. The van der Waals surface area contributed by atoms with Crippen LogP contribution in [0.3, 0.4) is 0 Å². The van der Waals surface area contributed by atoms with Crippen molar-refractivity contribution in [1.29, 1.82) is 0 Å². The van der Waals surface area contributed by atoms with E-state index in [4.69, 9.17) is 4.42 Å². The second kappa shape index (κ2) is 4.96. The summed E-state index contributed by atoms with van der Waals surface area (Å²) >= 11 is 0. The minimum atomic E-state index is -3.51. The molecule has 0 saturated heterocycles. The van der Waals surface area contributed by atoms with Crippen molar-refractivity contribution in [3.63, 3.8) is 0 Å². The number of rotatable bonds is 4. The molecule has 0 bridgehead atoms. The van der Waals surface area contributed by atoms with Crippen LogP contribution in [0.5, 0.6) is 0 Å². The van der Waals surface area contributed by atoms with Gasteiger partial charge in [-0.2, -0.15) is 0 Å². The van der Waals surface area contributed by atoms with Crippen molar-refractivity contribution in [3.8, 4) is 0 Å². The molecule has 0 aliphatic heterocycles. The summed E-state index contributed by atoms with van der Waals surface area (Å²) in [6.07, 6.45) is 1.52. The smallest absolute Gasteiger partial charge is 0.241 e. The minimum absolute atomic E-state index is 0.256. The third kappa shape index (κ3) is 2.80. The summed E-state index contributed by atoms with van der Waals surface area (Å²) < 4.78 is 31.9. The number of hydrogen-bond donors (Lipinski definition) is 1. The second-order valence-corrected chi connectivity index (χ2v) is 5.89. The van der Waals surface area contributed by atoms with Crippen LogP contribution in [0.1, 0.15) is 24.3 Å². The lowest BCUT2D eigenvalue weighted by Crippen LogP contribution is -2.26. The lowest BCUT2D eigenvalue weighted by Gasteiger charge is -2.12. The number of hydrogen-bond acceptors (Lipinski definition) is 3. The molecule has 0 aliphatic rings. The molecule has 2 rings (SSSR count). The number of nitrogens with one attached hydrogen (secondary N) is 1. The largest absolute Gasteiger partial charge is 0.468 e. The Morgan fingerprint density at radius 1 is 1.17 bits per heavy atom. The first-order valence-corrected chi connectivity index (χ1v) is 7.10. The van der Waals surface area contributed by atoms with Crippen LogP contribution in [-0.4, -0.2) is 8.42 Å². The zero-order chi connectivity index (χ0) is 13.2. The van der Waals surface area contributed by atoms with E-state index in [-0.39, 0.29) is 4.90 Å². The highest BCUT2D eigenvalue weighted by molar-refractivity contribution is 7.89. The predicted molar refractivity (Wildman–Crippen MR) is 68.6 cm³/mol. The number of furan rings is 1. The monoisotopic (exact) mass is 265 g/mol. The SMILES string of the molecule is Cc1ccc(S(=O)(=O)N[C@H](C)c2ccco2)cc1. The Morgan fingerprint density at radius 3 is 2.39 bits per heavy atom. The molecule has 5 heteroatoms. The van der Waals surface area contributed by atoms with Gasteiger partial charge in [-0.1, -0.05) is 17.7 Å². The molecule has 0 spiro atoms. The number of sulfonamides is 1. The van der Waals surface area contributed by atoms with Crippen LogP contribution in [0.4, 0.5) is 0 Å². The first-order chi connectivity index (χ1) is 8.49. The Kier molecular flexibility index (Phi) is 3.54. The van der Waals surface area contributed by atoms with E-state index < -0.39 is 16.1 Å². The van der Waals surface area contributed by atoms with E-state index in [9.17, 15) is 8.42 Å². The fourth-order valence-corrected chi connectivity index (χ4v) is 2.83. The summed E-state index contributed by atoms with van der Waals surface area (Å²) in [7, 11) is -3.51. The van der Waals surface area contributed by atoms with Crippen LogP contribution < -0.4 is 4.72 Å². The van der Waals surface area contributed by atoms with E-state index in [2.05, 4.69) is 4.72 Å². The van der Waals surface area contributed by atoms with Gasteiger partial charge >= 0.3 is 0 Å². The summed E-state index contributed by atoms with van der Waals surface area (Å²) in [5.41, 5.74) is 1.02. The fourth-order valence-electron chi connectivity index (χ4n) is 1.61. The highest BCUT2D eigenvalue weighted by atomic mass is 32.2. The van der Waals surface area contributed by atoms with Crippen LogP contribution in [0.25, 0.3) is 0 Å². The van der Waals surface area contributed by atoms with Crippen molar-refractivity contribution in [2.75, 3.05) is 0 Å². The summed E-state index contributed by atoms with van der Waals surface area (Å²) in [6, 6.07) is 9.79. The van der Waals surface area contributed by atoms with Crippen LogP contribution >= 0.6 is 0 Å². The Bertz CT molecular complexity index is 600. The average Bonchev–Trinajstić information content (AvgIpc) is 2.82. The molecule has 0 unspecified atom stereocenters. The van der Waals surface area contributed by atoms with Crippen molar-refractivity contribution in [1.82, 2.24) is 4.72 Å². The average molecular weight is 265 g/mol. The van der Waals surface area contributed by atoms with Gasteiger partial charge in [-0.15, -0.1) is 0 Å². The molecule has 1 atom stereocenters. The first kappa shape index (κ1) is 12.9. The van der Waals surface area contributed by atoms with Crippen LogP contribution in [0, 0.1) is 6.92 Å². The van der Waals surface area contributed by atoms with E-state index in [0.29, 0.717) is 5.76 Å². The molecule has 4 nitrogen and oxygen atoms in total. The lowest BCUT2D eigenvalue weighted by atomic mass is 10.2. The molecule has 0 amide bonds. The molecule has 1 aromatic heterocycles. The molecule has 1 aromatic carbocycles. The zero-order valence-electron chi connectivity index (χ0n) is 10.3. The van der Waals surface area contributed by atoms with E-state index in [0.717, 1.165) is 5.56 Å². The van der Waals surface area contributed by atoms with Crippen molar-refractivity contribution < 1.29 is 12.8 Å². The highest BCUT2D eigenvalue weighted by Crippen LogP contribution is 2.17. The lowest BCUT2D eigenvalue weighted by molar-refractivity contribution is 0.459. The summed E-state index contributed by atoms with van der Waals surface area (Å²) in [5, 5.41) is 0. The van der Waals surface area contributed by atoms with Gasteiger partial charge in [0.05, 0.1) is 17.2 Å². The molecule has 0 aliphatic carbocycles. The van der Waals surface area contributed by atoms with Gasteiger partial charge in [-0.3, -0.25) is 0 Å². The molecule has 18 heavy (non-hydrogen) atoms. The van der Waals surface area contributed by atoms with E-state index in [1.165, 1.54) is 6.26 Å². The van der Waals surface area contributed by atoms with E-state index in [1.54, 1.807) is 43.3 Å². The van der Waals surface area contributed by atoms with E-state index >= 15 is 0 Å². The van der Waals surface area contributed by atoms with Crippen LogP contribution in [0.15, 0.2) is 52.0 Å². The Labute approximate surface area is 107 Å². The number of aryl methyl sites for hydroxylation is 1. The van der Waals surface area contributed by atoms with Gasteiger partial charge in [0.2, 0.25) is 10.0 Å². The fraction of sp³-hybridized carbons (Fsp3) is 0.231. The third-order valence-electron chi connectivity index (χ3n) is 2.63. The molecular formula is C13H15NO3S. The van der Waals surface area contributed by atoms with Gasteiger partial charge in [0.25, 0.3) is 0 Å². The predicted octanol–water partition coefficient (Wildman–Crippen LogP) is 2.63. The molecule has 2 aromatic rings. The minimum Gasteiger partial charge on any atom is -0.468 e. The maximum absolute atomic E-state index is 12.1. The molecule has 0 saturated carbocycles. The van der Waals surface area contributed by atoms with Crippen molar-refractivity contribution in [2.45, 2.75) is 24.8 Å². The maximum Gasteiger partial charge on any atom is 0.241 e. The molecule has 0 radical (unpaired) electrons. The summed E-state index contributed by atoms with van der Waals surface area (Å²) in [4.78, 5) is 0.256. The standard InChI is InChI=1S/C13H15NO3S/c1-10-5-7-12(8-6-10)18(15,16)14-11(2)13-4-3-9-17-13/h3-9,11,14H,1-2H3/t11-/m1/s1. The zero-order valence-corrected chi connectivity index (χ0v) is 11.1. The Balaban J connectivity index is 2.20. The second-order valence-electron chi connectivity index (χ2n) is 4.17. The first-order valence-electron chi connectivity index (χ1n) is 5.61. The van der Waals surface area contributed by atoms with Gasteiger partial charge < -0.3 is 4.42 Å². The summed E-state index contributed by atoms with van der Waals surface area (Å²) in [5.74, 6) is 0.589. The number of benzene rings is 1. The topological polar surface area (TPSA) is 59.3 Å². The Hall–Kier alpha value is -1.59. The van der Waals surface area contributed by atoms with Gasteiger partial charge in [0.1, 0.15) is 5.76 Å². The van der Waals surface area contributed by atoms with Crippen molar-refractivity contribution in [2.24, 2.45) is 0 Å². The van der Waals surface area contributed by atoms with Gasteiger partial charge in [0, 0.05) is 0 Å². The van der Waals surface area contributed by atoms with Crippen LogP contribution in [-0.2, 0) is 10.0 Å². The molecule has 1 N–H and O–H groups in total. The van der Waals surface area contributed by atoms with Crippen molar-refractivity contribution >= 4 is 10.0 Å². The molecular weight excluding hydrogens is 250 g/mol. The van der Waals surface area contributed by atoms with Crippen LogP contribution in [0.2, 0.25) is 0 Å². The highest BCUT2D eigenvalue weighted by Gasteiger charge is 2.19. The van der Waals surface area contributed by atoms with Gasteiger partial charge in [-0.25, -0.2) is 13.1 Å². The van der Waals surface area contributed by atoms with Crippen molar-refractivity contribution in [3.05, 3.63) is 54.0 Å². The third-order valence-corrected chi connectivity index (χ3v) is 4.19. The normalized spacial score (nSPS) is 13.4. The quantitative estimate of drug-likeness (QED) is 0.924. The Morgan fingerprint density at radius 2 is 1.83 bits per heavy atom. The summed E-state index contributed by atoms with van der Waals surface area (Å²) in [6.45, 7) is 3.65. The van der Waals surface area contributed by atoms with Gasteiger partial charge in [0.15, 0.2) is 0 Å². The van der Waals surface area contributed by atoms with Gasteiger partial charge in [-0.05, 0) is 38.1 Å². The maximum atomic E-state index is 12.1. The van der Waals surface area contributed by atoms with E-state index in [1.807, 2.05) is 6.92 Å². The molecule has 96 valence electrons.